The van der Waals surface area contributed by atoms with E-state index in [9.17, 15) is 14.9 Å². The van der Waals surface area contributed by atoms with Crippen LogP contribution in [0.15, 0.2) is 42.6 Å². The molecule has 11 heteroatoms. The van der Waals surface area contributed by atoms with Gasteiger partial charge in [-0.2, -0.15) is 0 Å². The van der Waals surface area contributed by atoms with Crippen LogP contribution in [0.25, 0.3) is 22.3 Å². The van der Waals surface area contributed by atoms with Crippen LogP contribution in [0.5, 0.6) is 23.0 Å². The molecule has 2 heterocycles. The van der Waals surface area contributed by atoms with E-state index >= 15 is 0 Å². The van der Waals surface area contributed by atoms with Crippen molar-refractivity contribution in [2.75, 3.05) is 28.4 Å². The first-order valence-electron chi connectivity index (χ1n) is 10.6. The summed E-state index contributed by atoms with van der Waals surface area (Å²) in [5.74, 6) is 0.952. The van der Waals surface area contributed by atoms with Gasteiger partial charge in [0, 0.05) is 28.3 Å². The van der Waals surface area contributed by atoms with Crippen molar-refractivity contribution in [1.29, 1.82) is 0 Å². The predicted octanol–water partition coefficient (Wildman–Crippen LogP) is 5.21. The molecule has 186 valence electrons. The molecule has 0 aliphatic carbocycles. The zero-order chi connectivity index (χ0) is 26.0. The average Bonchev–Trinajstić information content (AvgIpc) is 3.41. The van der Waals surface area contributed by atoms with E-state index in [4.69, 9.17) is 18.9 Å². The molecule has 36 heavy (non-hydrogen) atoms. The fourth-order valence-electron chi connectivity index (χ4n) is 3.80. The molecule has 0 atom stereocenters. The molecule has 2 aromatic carbocycles. The lowest BCUT2D eigenvalue weighted by molar-refractivity contribution is -0.385. The molecule has 4 aromatic rings. The first-order valence-corrected chi connectivity index (χ1v) is 11.5. The van der Waals surface area contributed by atoms with Crippen LogP contribution >= 0.6 is 11.3 Å². The van der Waals surface area contributed by atoms with Crippen LogP contribution in [0.1, 0.15) is 20.9 Å². The summed E-state index contributed by atoms with van der Waals surface area (Å²) in [4.78, 5) is 30.6. The summed E-state index contributed by atoms with van der Waals surface area (Å²) in [7, 11) is 5.81. The lowest BCUT2D eigenvalue weighted by Crippen LogP contribution is -2.00. The minimum absolute atomic E-state index is 0.148. The van der Waals surface area contributed by atoms with Crippen molar-refractivity contribution in [3.8, 4) is 34.3 Å². The number of carbonyl (C=O) groups is 1. The van der Waals surface area contributed by atoms with Crippen molar-refractivity contribution in [2.24, 2.45) is 0 Å². The van der Waals surface area contributed by atoms with Gasteiger partial charge in [0.2, 0.25) is 5.75 Å². The topological polar surface area (TPSA) is 114 Å². The van der Waals surface area contributed by atoms with Crippen LogP contribution in [0, 0.1) is 17.0 Å². The summed E-state index contributed by atoms with van der Waals surface area (Å²) in [6.07, 6.45) is 4.96. The van der Waals surface area contributed by atoms with Crippen molar-refractivity contribution in [3.63, 3.8) is 0 Å². The average molecular weight is 510 g/mol. The van der Waals surface area contributed by atoms with Gasteiger partial charge in [0.25, 0.3) is 0 Å². The van der Waals surface area contributed by atoms with Crippen LogP contribution in [-0.4, -0.2) is 48.5 Å². The number of methoxy groups -OCH3 is 4. The Balaban J connectivity index is 1.80. The molecule has 2 aromatic heterocycles. The summed E-state index contributed by atoms with van der Waals surface area (Å²) < 4.78 is 23.0. The maximum absolute atomic E-state index is 13.1. The van der Waals surface area contributed by atoms with Gasteiger partial charge in [-0.1, -0.05) is 0 Å². The largest absolute Gasteiger partial charge is 0.493 e. The number of ether oxygens (including phenoxy) is 4. The highest BCUT2D eigenvalue weighted by molar-refractivity contribution is 7.17. The van der Waals surface area contributed by atoms with Crippen molar-refractivity contribution in [3.05, 3.63) is 68.9 Å². The first kappa shape index (κ1) is 24.7. The third kappa shape index (κ3) is 4.48. The Morgan fingerprint density at radius 2 is 1.69 bits per heavy atom. The van der Waals surface area contributed by atoms with Crippen molar-refractivity contribution in [1.82, 2.24) is 9.38 Å². The zero-order valence-electron chi connectivity index (χ0n) is 20.2. The number of thiazole rings is 1. The van der Waals surface area contributed by atoms with Crippen molar-refractivity contribution >= 4 is 33.8 Å². The van der Waals surface area contributed by atoms with Crippen LogP contribution in [0.2, 0.25) is 0 Å². The summed E-state index contributed by atoms with van der Waals surface area (Å²) in [6, 6.07) is 7.78. The third-order valence-electron chi connectivity index (χ3n) is 5.47. The van der Waals surface area contributed by atoms with Crippen molar-refractivity contribution < 1.29 is 28.7 Å². The Labute approximate surface area is 210 Å². The molecule has 0 N–H and O–H groups in total. The molecule has 10 nitrogen and oxygen atoms in total. The first-order chi connectivity index (χ1) is 17.3. The molecule has 0 radical (unpaired) electrons. The van der Waals surface area contributed by atoms with Gasteiger partial charge in [0.05, 0.1) is 44.8 Å². The monoisotopic (exact) mass is 509 g/mol. The zero-order valence-corrected chi connectivity index (χ0v) is 21.0. The number of allylic oxidation sites excluding steroid dienone is 1. The van der Waals surface area contributed by atoms with E-state index in [-0.39, 0.29) is 17.2 Å². The van der Waals surface area contributed by atoms with Crippen LogP contribution in [0.3, 0.4) is 0 Å². The smallest absolute Gasteiger partial charge is 0.311 e. The van der Waals surface area contributed by atoms with E-state index in [1.807, 2.05) is 17.5 Å². The summed E-state index contributed by atoms with van der Waals surface area (Å²) in [6.45, 7) is 1.95. The number of aryl methyl sites for hydroxylation is 1. The number of hydrogen-bond donors (Lipinski definition) is 0. The Bertz CT molecular complexity index is 1480. The molecule has 0 aliphatic heterocycles. The number of hydrogen-bond acceptors (Lipinski definition) is 9. The molecule has 0 bridgehead atoms. The molecule has 0 saturated carbocycles. The second-order valence-corrected chi connectivity index (χ2v) is 8.81. The molecule has 0 spiro atoms. The number of nitro groups is 1. The number of aromatic nitrogens is 2. The van der Waals surface area contributed by atoms with Gasteiger partial charge in [0.1, 0.15) is 0 Å². The van der Waals surface area contributed by atoms with Crippen LogP contribution < -0.4 is 18.9 Å². The minimum Gasteiger partial charge on any atom is -0.493 e. The molecular formula is C25H23N3O7S. The number of carbonyl (C=O) groups excluding carboxylic acids is 1. The Kier molecular flexibility index (Phi) is 6.93. The van der Waals surface area contributed by atoms with E-state index in [0.717, 1.165) is 4.88 Å². The fourth-order valence-corrected chi connectivity index (χ4v) is 4.63. The van der Waals surface area contributed by atoms with Gasteiger partial charge in [0.15, 0.2) is 28.0 Å². The highest BCUT2D eigenvalue weighted by Crippen LogP contribution is 2.39. The number of imidazole rings is 1. The number of nitrogens with zero attached hydrogens (tertiary/aromatic N) is 3. The predicted molar refractivity (Wildman–Crippen MR) is 136 cm³/mol. The lowest BCUT2D eigenvalue weighted by Gasteiger charge is -2.13. The van der Waals surface area contributed by atoms with E-state index in [0.29, 0.717) is 44.7 Å². The SMILES string of the molecule is COc1ccc(-c2nc3sc(C)cn3c2C=CC(=O)c2cc(OC)c(OC)c(OC)c2)cc1[N+](=O)[O-]. The number of rotatable bonds is 9. The van der Waals surface area contributed by atoms with E-state index < -0.39 is 4.92 Å². The lowest BCUT2D eigenvalue weighted by atomic mass is 10.1. The van der Waals surface area contributed by atoms with Crippen LogP contribution in [-0.2, 0) is 0 Å². The van der Waals surface area contributed by atoms with E-state index in [1.54, 1.807) is 24.3 Å². The molecular weight excluding hydrogens is 486 g/mol. The second-order valence-electron chi connectivity index (χ2n) is 7.60. The summed E-state index contributed by atoms with van der Waals surface area (Å²) in [5, 5.41) is 11.6. The van der Waals surface area contributed by atoms with E-state index in [2.05, 4.69) is 4.98 Å². The normalized spacial score (nSPS) is 11.1. The van der Waals surface area contributed by atoms with Gasteiger partial charge in [-0.25, -0.2) is 4.98 Å². The van der Waals surface area contributed by atoms with Gasteiger partial charge in [-0.15, -0.1) is 11.3 Å². The molecule has 4 rings (SSSR count). The van der Waals surface area contributed by atoms with Gasteiger partial charge in [-0.05, 0) is 43.3 Å². The number of benzene rings is 2. The molecule has 0 saturated heterocycles. The molecule has 0 fully saturated rings. The maximum Gasteiger partial charge on any atom is 0.311 e. The van der Waals surface area contributed by atoms with Crippen molar-refractivity contribution in [2.45, 2.75) is 6.92 Å². The fraction of sp³-hybridized carbons (Fsp3) is 0.200. The van der Waals surface area contributed by atoms with Crippen LogP contribution in [0.4, 0.5) is 5.69 Å². The Morgan fingerprint density at radius 3 is 2.28 bits per heavy atom. The number of ketones is 1. The second kappa shape index (κ2) is 10.1. The Morgan fingerprint density at radius 1 is 1.03 bits per heavy atom. The summed E-state index contributed by atoms with van der Waals surface area (Å²) >= 11 is 1.47. The molecule has 0 aliphatic rings. The highest BCUT2D eigenvalue weighted by Gasteiger charge is 2.21. The summed E-state index contributed by atoms with van der Waals surface area (Å²) in [5.41, 5.74) is 1.79. The molecule has 0 amide bonds. The molecule has 0 unspecified atom stereocenters. The number of fused-ring (bicyclic) bond motifs is 1. The van der Waals surface area contributed by atoms with Gasteiger partial charge >= 0.3 is 5.69 Å². The quantitative estimate of drug-likeness (QED) is 0.131. The van der Waals surface area contributed by atoms with Gasteiger partial charge < -0.3 is 18.9 Å². The maximum atomic E-state index is 13.1. The third-order valence-corrected chi connectivity index (χ3v) is 6.37. The van der Waals surface area contributed by atoms with E-state index in [1.165, 1.54) is 58.0 Å². The Hall–Kier alpha value is -4.38. The van der Waals surface area contributed by atoms with Gasteiger partial charge in [-0.3, -0.25) is 19.3 Å². The highest BCUT2D eigenvalue weighted by atomic mass is 32.1. The standard InChI is InChI=1S/C25H23N3O7S/c1-14-13-27-17(7-8-19(29)16-11-21(33-3)24(35-5)22(12-16)34-4)23(26-25(27)36-14)15-6-9-20(32-2)18(10-15)28(30)31/h6-13H,1-5H3. The minimum atomic E-state index is -0.506. The number of nitro benzene ring substituents is 1.